The minimum absolute atomic E-state index is 0.0660. The van der Waals surface area contributed by atoms with Gasteiger partial charge in [0.1, 0.15) is 6.54 Å². The molecule has 0 spiro atoms. The molecule has 3 aromatic rings. The molecular formula is C19H17N5OS. The first-order chi connectivity index (χ1) is 12.6. The lowest BCUT2D eigenvalue weighted by Crippen LogP contribution is -2.27. The molecule has 0 saturated carbocycles. The molecule has 0 atom stereocenters. The van der Waals surface area contributed by atoms with E-state index in [-0.39, 0.29) is 12.5 Å². The molecule has 0 radical (unpaired) electrons. The number of benzene rings is 2. The molecule has 1 heterocycles. The van der Waals surface area contributed by atoms with Crippen LogP contribution in [0.2, 0.25) is 0 Å². The third-order valence-electron chi connectivity index (χ3n) is 3.88. The van der Waals surface area contributed by atoms with Crippen LogP contribution in [0, 0.1) is 23.0 Å². The van der Waals surface area contributed by atoms with E-state index in [1.54, 1.807) is 22.8 Å². The van der Waals surface area contributed by atoms with E-state index in [4.69, 9.17) is 17.5 Å². The molecule has 7 heteroatoms. The Labute approximate surface area is 156 Å². The van der Waals surface area contributed by atoms with E-state index >= 15 is 0 Å². The highest BCUT2D eigenvalue weighted by Crippen LogP contribution is 2.18. The van der Waals surface area contributed by atoms with Crippen molar-refractivity contribution in [2.75, 3.05) is 0 Å². The summed E-state index contributed by atoms with van der Waals surface area (Å²) in [4.78, 5) is 12.4. The fraction of sp³-hybridized carbons (Fsp3) is 0.158. The number of hydrogen-bond donors (Lipinski definition) is 2. The fourth-order valence-corrected chi connectivity index (χ4v) is 2.82. The van der Waals surface area contributed by atoms with Gasteiger partial charge in [0.25, 0.3) is 0 Å². The SMILES string of the molecule is Cc1cccc(-c2n[nH]c(=S)n2CC(=O)NCc2cccc(C#N)c2)c1. The van der Waals surface area contributed by atoms with Crippen molar-refractivity contribution in [1.29, 1.82) is 5.26 Å². The zero-order chi connectivity index (χ0) is 18.5. The Kier molecular flexibility index (Phi) is 5.25. The second kappa shape index (κ2) is 7.76. The van der Waals surface area contributed by atoms with Gasteiger partial charge in [0.15, 0.2) is 10.6 Å². The summed E-state index contributed by atoms with van der Waals surface area (Å²) >= 11 is 5.26. The van der Waals surface area contributed by atoms with Gasteiger partial charge < -0.3 is 5.32 Å². The summed E-state index contributed by atoms with van der Waals surface area (Å²) in [5.74, 6) is 0.444. The number of H-pyrrole nitrogens is 1. The number of carbonyl (C=O) groups is 1. The molecule has 3 rings (SSSR count). The van der Waals surface area contributed by atoms with Crippen molar-refractivity contribution in [1.82, 2.24) is 20.1 Å². The van der Waals surface area contributed by atoms with Crippen LogP contribution in [0.4, 0.5) is 0 Å². The maximum Gasteiger partial charge on any atom is 0.240 e. The van der Waals surface area contributed by atoms with Crippen molar-refractivity contribution in [3.8, 4) is 17.5 Å². The summed E-state index contributed by atoms with van der Waals surface area (Å²) in [6, 6.07) is 17.1. The molecule has 1 amide bonds. The molecule has 0 fully saturated rings. The Morgan fingerprint density at radius 2 is 2.12 bits per heavy atom. The number of hydrogen-bond acceptors (Lipinski definition) is 4. The van der Waals surface area contributed by atoms with E-state index in [9.17, 15) is 4.79 Å². The Morgan fingerprint density at radius 1 is 1.31 bits per heavy atom. The average molecular weight is 363 g/mol. The molecule has 6 nitrogen and oxygen atoms in total. The lowest BCUT2D eigenvalue weighted by atomic mass is 10.1. The van der Waals surface area contributed by atoms with Gasteiger partial charge in [-0.05, 0) is 42.9 Å². The van der Waals surface area contributed by atoms with Crippen LogP contribution >= 0.6 is 12.2 Å². The first kappa shape index (κ1) is 17.6. The molecule has 0 aliphatic rings. The number of nitrogens with zero attached hydrogens (tertiary/aromatic N) is 3. The van der Waals surface area contributed by atoms with Gasteiger partial charge in [0, 0.05) is 12.1 Å². The molecule has 0 aliphatic heterocycles. The van der Waals surface area contributed by atoms with Crippen molar-refractivity contribution >= 4 is 18.1 Å². The van der Waals surface area contributed by atoms with Gasteiger partial charge in [-0.3, -0.25) is 14.5 Å². The van der Waals surface area contributed by atoms with Gasteiger partial charge >= 0.3 is 0 Å². The van der Waals surface area contributed by atoms with Crippen molar-refractivity contribution in [3.63, 3.8) is 0 Å². The van der Waals surface area contributed by atoms with Crippen LogP contribution in [0.15, 0.2) is 48.5 Å². The zero-order valence-electron chi connectivity index (χ0n) is 14.2. The highest BCUT2D eigenvalue weighted by Gasteiger charge is 2.12. The minimum Gasteiger partial charge on any atom is -0.350 e. The van der Waals surface area contributed by atoms with Gasteiger partial charge in [-0.15, -0.1) is 0 Å². The minimum atomic E-state index is -0.182. The van der Waals surface area contributed by atoms with E-state index in [0.29, 0.717) is 22.7 Å². The summed E-state index contributed by atoms with van der Waals surface area (Å²) in [6.45, 7) is 2.41. The van der Waals surface area contributed by atoms with E-state index in [0.717, 1.165) is 16.7 Å². The number of aryl methyl sites for hydroxylation is 1. The molecule has 0 saturated heterocycles. The number of amides is 1. The molecule has 26 heavy (non-hydrogen) atoms. The van der Waals surface area contributed by atoms with E-state index in [1.807, 2.05) is 37.3 Å². The largest absolute Gasteiger partial charge is 0.350 e. The summed E-state index contributed by atoms with van der Waals surface area (Å²) in [5.41, 5.74) is 3.43. The second-order valence-corrected chi connectivity index (χ2v) is 6.28. The number of nitriles is 1. The predicted molar refractivity (Wildman–Crippen MR) is 101 cm³/mol. The highest BCUT2D eigenvalue weighted by atomic mass is 32.1. The predicted octanol–water partition coefficient (Wildman–Crippen LogP) is 3.10. The van der Waals surface area contributed by atoms with Crippen LogP contribution in [-0.2, 0) is 17.9 Å². The van der Waals surface area contributed by atoms with E-state index in [2.05, 4.69) is 21.6 Å². The van der Waals surface area contributed by atoms with Gasteiger partial charge in [-0.25, -0.2) is 0 Å². The van der Waals surface area contributed by atoms with Crippen molar-refractivity contribution in [2.24, 2.45) is 0 Å². The number of carbonyl (C=O) groups excluding carboxylic acids is 1. The molecule has 0 bridgehead atoms. The molecule has 2 aromatic carbocycles. The Bertz CT molecular complexity index is 1040. The normalized spacial score (nSPS) is 10.3. The van der Waals surface area contributed by atoms with Crippen LogP contribution in [-0.4, -0.2) is 20.7 Å². The van der Waals surface area contributed by atoms with E-state index < -0.39 is 0 Å². The second-order valence-electron chi connectivity index (χ2n) is 5.90. The molecule has 0 unspecified atom stereocenters. The summed E-state index contributed by atoms with van der Waals surface area (Å²) < 4.78 is 2.06. The molecule has 1 aromatic heterocycles. The third kappa shape index (κ3) is 4.05. The Balaban J connectivity index is 1.73. The monoisotopic (exact) mass is 363 g/mol. The summed E-state index contributed by atoms with van der Waals surface area (Å²) in [7, 11) is 0. The maximum atomic E-state index is 12.4. The smallest absolute Gasteiger partial charge is 0.240 e. The Morgan fingerprint density at radius 3 is 2.88 bits per heavy atom. The average Bonchev–Trinajstić information content (AvgIpc) is 3.01. The van der Waals surface area contributed by atoms with Crippen LogP contribution in [0.3, 0.4) is 0 Å². The van der Waals surface area contributed by atoms with Crippen molar-refractivity contribution in [2.45, 2.75) is 20.0 Å². The zero-order valence-corrected chi connectivity index (χ0v) is 15.0. The first-order valence-corrected chi connectivity index (χ1v) is 8.45. The first-order valence-electron chi connectivity index (χ1n) is 8.05. The van der Waals surface area contributed by atoms with Crippen molar-refractivity contribution < 1.29 is 4.79 Å². The van der Waals surface area contributed by atoms with Gasteiger partial charge in [0.05, 0.1) is 11.6 Å². The summed E-state index contributed by atoms with van der Waals surface area (Å²) in [6.07, 6.45) is 0. The topological polar surface area (TPSA) is 86.5 Å². The van der Waals surface area contributed by atoms with Crippen LogP contribution in [0.1, 0.15) is 16.7 Å². The molecular weight excluding hydrogens is 346 g/mol. The maximum absolute atomic E-state index is 12.4. The fourth-order valence-electron chi connectivity index (χ4n) is 2.62. The molecule has 130 valence electrons. The van der Waals surface area contributed by atoms with Gasteiger partial charge in [0.2, 0.25) is 5.91 Å². The molecule has 0 aliphatic carbocycles. The van der Waals surface area contributed by atoms with E-state index in [1.165, 1.54) is 0 Å². The number of aromatic amines is 1. The quantitative estimate of drug-likeness (QED) is 0.682. The van der Waals surface area contributed by atoms with Crippen LogP contribution in [0.5, 0.6) is 0 Å². The van der Waals surface area contributed by atoms with Gasteiger partial charge in [-0.1, -0.05) is 35.9 Å². The standard InChI is InChI=1S/C19H17N5OS/c1-13-4-2-7-16(8-13)18-22-23-19(26)24(18)12-17(25)21-11-15-6-3-5-14(9-15)10-20/h2-9H,11-12H2,1H3,(H,21,25)(H,23,26). The molecule has 2 N–H and O–H groups in total. The number of nitrogens with one attached hydrogen (secondary N) is 2. The Hall–Kier alpha value is -3.24. The van der Waals surface area contributed by atoms with Crippen LogP contribution < -0.4 is 5.32 Å². The lowest BCUT2D eigenvalue weighted by molar-refractivity contribution is -0.121. The highest BCUT2D eigenvalue weighted by molar-refractivity contribution is 7.71. The summed E-state index contributed by atoms with van der Waals surface area (Å²) in [5, 5.41) is 18.8. The van der Waals surface area contributed by atoms with Crippen molar-refractivity contribution in [3.05, 3.63) is 70.0 Å². The van der Waals surface area contributed by atoms with Gasteiger partial charge in [-0.2, -0.15) is 10.4 Å². The van der Waals surface area contributed by atoms with Crippen LogP contribution in [0.25, 0.3) is 11.4 Å². The third-order valence-corrected chi connectivity index (χ3v) is 4.19. The number of rotatable bonds is 5. The lowest BCUT2D eigenvalue weighted by Gasteiger charge is -2.09. The number of aromatic nitrogens is 3.